The number of alkyl carbamates (subject to hydrolysis) is 1. The molecular weight excluding hydrogens is 805 g/mol. The summed E-state index contributed by atoms with van der Waals surface area (Å²) in [6.07, 6.45) is 7.70. The summed E-state index contributed by atoms with van der Waals surface area (Å²) in [5, 5.41) is 5.76. The van der Waals surface area contributed by atoms with Crippen LogP contribution < -0.4 is 15.5 Å². The summed E-state index contributed by atoms with van der Waals surface area (Å²) < 4.78 is 68.4. The molecule has 0 radical (unpaired) electrons. The summed E-state index contributed by atoms with van der Waals surface area (Å²) in [6, 6.07) is 19.0. The fraction of sp³-hybridized carbons (Fsp3) is 0.500. The summed E-state index contributed by atoms with van der Waals surface area (Å²) in [4.78, 5) is 43.3. The van der Waals surface area contributed by atoms with Crippen molar-refractivity contribution < 1.29 is 41.1 Å². The van der Waals surface area contributed by atoms with Gasteiger partial charge in [-0.1, -0.05) is 30.7 Å². The van der Waals surface area contributed by atoms with Crippen LogP contribution in [0.3, 0.4) is 0 Å². The Bertz CT molecular complexity index is 2170. The highest BCUT2D eigenvalue weighted by Crippen LogP contribution is 2.51. The number of hydrogen-bond acceptors (Lipinski definition) is 10. The molecule has 0 spiro atoms. The molecule has 61 heavy (non-hydrogen) atoms. The second-order valence-corrected chi connectivity index (χ2v) is 18.9. The number of benzene rings is 3. The van der Waals surface area contributed by atoms with Gasteiger partial charge in [0.15, 0.2) is 5.67 Å². The third-order valence-corrected chi connectivity index (χ3v) is 14.8. The largest absolute Gasteiger partial charge is 0.463 e. The second kappa shape index (κ2) is 19.0. The van der Waals surface area contributed by atoms with Crippen molar-refractivity contribution in [1.29, 1.82) is 0 Å². The third kappa shape index (κ3) is 9.94. The monoisotopic (exact) mass is 861 g/mol. The van der Waals surface area contributed by atoms with Gasteiger partial charge in [-0.25, -0.2) is 26.8 Å². The van der Waals surface area contributed by atoms with Crippen LogP contribution in [0.15, 0.2) is 94.7 Å². The Labute approximate surface area is 357 Å². The lowest BCUT2D eigenvalue weighted by Crippen LogP contribution is -2.65. The Balaban J connectivity index is 0.971. The van der Waals surface area contributed by atoms with Crippen molar-refractivity contribution in [1.82, 2.24) is 20.4 Å². The number of piperidine rings is 1. The van der Waals surface area contributed by atoms with Crippen LogP contribution in [0.4, 0.5) is 19.3 Å². The van der Waals surface area contributed by atoms with E-state index in [2.05, 4.69) is 26.5 Å². The Hall–Kier alpha value is -4.86. The molecular formula is C46H57F2N5O7S. The predicted octanol–water partition coefficient (Wildman–Crippen LogP) is 5.92. The number of amides is 2. The highest BCUT2D eigenvalue weighted by Gasteiger charge is 2.54. The molecule has 1 aliphatic carbocycles. The maximum Gasteiger partial charge on any atom is 0.407 e. The minimum Gasteiger partial charge on any atom is -0.463 e. The third-order valence-electron chi connectivity index (χ3n) is 13.1. The molecule has 0 bridgehead atoms. The van der Waals surface area contributed by atoms with Crippen LogP contribution in [0.2, 0.25) is 0 Å². The Kier molecular flexibility index (Phi) is 13.8. The van der Waals surface area contributed by atoms with Gasteiger partial charge in [0.2, 0.25) is 9.84 Å². The number of ether oxygens (including phenoxy) is 2. The van der Waals surface area contributed by atoms with Crippen LogP contribution in [0.25, 0.3) is 0 Å². The van der Waals surface area contributed by atoms with Crippen molar-refractivity contribution in [3.05, 3.63) is 102 Å². The van der Waals surface area contributed by atoms with Gasteiger partial charge in [0.1, 0.15) is 5.82 Å². The molecule has 3 saturated heterocycles. The Morgan fingerprint density at radius 3 is 2.31 bits per heavy atom. The van der Waals surface area contributed by atoms with E-state index in [0.717, 1.165) is 63.7 Å². The summed E-state index contributed by atoms with van der Waals surface area (Å²) in [5.41, 5.74) is 0.00349. The van der Waals surface area contributed by atoms with Gasteiger partial charge in [0.05, 0.1) is 36.6 Å². The minimum absolute atomic E-state index is 0.0416. The van der Waals surface area contributed by atoms with E-state index in [1.165, 1.54) is 61.7 Å². The van der Waals surface area contributed by atoms with Crippen LogP contribution >= 0.6 is 0 Å². The summed E-state index contributed by atoms with van der Waals surface area (Å²) in [5.74, 6) is -0.993. The molecule has 3 heterocycles. The van der Waals surface area contributed by atoms with Gasteiger partial charge in [-0.2, -0.15) is 0 Å². The lowest BCUT2D eigenvalue weighted by atomic mass is 9.57. The average molecular weight is 862 g/mol. The number of alkyl halides is 1. The molecule has 4 fully saturated rings. The van der Waals surface area contributed by atoms with E-state index in [0.29, 0.717) is 18.8 Å². The SMILES string of the molecule is CCOC(=O)/C=C/CNC(=O)c1cccc(S(=O)(=O)c2ccc(N3CC(F)(CN4CCC([C@@](CN5CCC5)(c5cccc(F)c5)[C@H]5CCC[C@@H]5NC(=O)OC)CC4)C3)cc2)c1. The number of carbonyl (C=O) groups is 3. The van der Waals surface area contributed by atoms with E-state index in [4.69, 9.17) is 9.47 Å². The van der Waals surface area contributed by atoms with E-state index in [-0.39, 0.29) is 71.8 Å². The molecule has 2 amide bonds. The number of methoxy groups -OCH3 is 1. The fourth-order valence-electron chi connectivity index (χ4n) is 10.0. The maximum atomic E-state index is 16.4. The fourth-order valence-corrected chi connectivity index (χ4v) is 11.3. The lowest BCUT2D eigenvalue weighted by molar-refractivity contribution is -0.137. The van der Waals surface area contributed by atoms with Gasteiger partial charge in [0, 0.05) is 48.4 Å². The number of carbonyl (C=O) groups excluding carboxylic acids is 3. The van der Waals surface area contributed by atoms with E-state index in [9.17, 15) is 22.8 Å². The van der Waals surface area contributed by atoms with Crippen LogP contribution in [-0.2, 0) is 29.5 Å². The molecule has 3 aromatic rings. The summed E-state index contributed by atoms with van der Waals surface area (Å²) >= 11 is 0. The zero-order valence-corrected chi connectivity index (χ0v) is 35.8. The Morgan fingerprint density at radius 1 is 0.902 bits per heavy atom. The zero-order valence-electron chi connectivity index (χ0n) is 35.0. The first-order chi connectivity index (χ1) is 29.3. The predicted molar refractivity (Wildman–Crippen MR) is 227 cm³/mol. The number of anilines is 1. The Morgan fingerprint density at radius 2 is 1.64 bits per heavy atom. The lowest BCUT2D eigenvalue weighted by Gasteiger charge is -2.54. The normalized spacial score (nSPS) is 21.9. The van der Waals surface area contributed by atoms with E-state index < -0.39 is 38.9 Å². The topological polar surface area (TPSA) is 138 Å². The van der Waals surface area contributed by atoms with Crippen LogP contribution in [0, 0.1) is 17.7 Å². The minimum atomic E-state index is -3.97. The van der Waals surface area contributed by atoms with Crippen LogP contribution in [0.5, 0.6) is 0 Å². The summed E-state index contributed by atoms with van der Waals surface area (Å²) in [7, 11) is -2.59. The van der Waals surface area contributed by atoms with Crippen molar-refractivity contribution in [2.24, 2.45) is 11.8 Å². The van der Waals surface area contributed by atoms with Crippen LogP contribution in [0.1, 0.15) is 61.4 Å². The smallest absolute Gasteiger partial charge is 0.407 e. The maximum absolute atomic E-state index is 16.4. The number of esters is 1. The molecule has 328 valence electrons. The van der Waals surface area contributed by atoms with E-state index in [1.807, 2.05) is 4.90 Å². The first-order valence-corrected chi connectivity index (χ1v) is 22.9. The molecule has 3 aromatic carbocycles. The number of nitrogens with one attached hydrogen (secondary N) is 2. The van der Waals surface area contributed by atoms with Crippen molar-refractivity contribution in [3.8, 4) is 0 Å². The number of likely N-dealkylation sites (tertiary alicyclic amines) is 2. The quantitative estimate of drug-likeness (QED) is 0.132. The molecule has 0 unspecified atom stereocenters. The molecule has 1 saturated carbocycles. The van der Waals surface area contributed by atoms with Gasteiger partial charge in [-0.3, -0.25) is 9.69 Å². The number of rotatable bonds is 16. The molecule has 4 aliphatic rings. The number of nitrogens with zero attached hydrogens (tertiary/aromatic N) is 3. The zero-order chi connectivity index (χ0) is 43.2. The van der Waals surface area contributed by atoms with Crippen molar-refractivity contribution in [2.75, 3.05) is 77.5 Å². The first-order valence-electron chi connectivity index (χ1n) is 21.4. The summed E-state index contributed by atoms with van der Waals surface area (Å²) in [6.45, 7) is 6.80. The van der Waals surface area contributed by atoms with Crippen molar-refractivity contribution in [3.63, 3.8) is 0 Å². The molecule has 0 aromatic heterocycles. The highest BCUT2D eigenvalue weighted by molar-refractivity contribution is 7.91. The molecule has 2 N–H and O–H groups in total. The molecule has 7 rings (SSSR count). The highest BCUT2D eigenvalue weighted by atomic mass is 32.2. The molecule has 12 nitrogen and oxygen atoms in total. The van der Waals surface area contributed by atoms with Crippen molar-refractivity contribution in [2.45, 2.75) is 72.4 Å². The number of hydrogen-bond donors (Lipinski definition) is 2. The van der Waals surface area contributed by atoms with Crippen molar-refractivity contribution >= 4 is 33.5 Å². The standard InChI is InChI=1S/C46H57F2N5O7S/c1-3-60-42(54)15-7-22-49-43(55)33-9-4-12-39(27-33)61(57,58)38-18-16-37(17-19-38)53-30-45(48,31-53)29-52-25-20-34(21-26-52)46(32-51-23-8-24-51,35-10-5-11-36(47)28-35)40-13-6-14-41(40)50-44(56)59-2/h4-5,7,9-12,15-19,27-28,34,40-41H,3,6,8,13-14,20-26,29-32H2,1-2H3,(H,49,55)(H,50,56)/b15-7+/t40-,41-,46-/m0/s1. The number of sulfone groups is 1. The first kappa shape index (κ1) is 44.2. The van der Waals surface area contributed by atoms with Gasteiger partial charge in [-0.15, -0.1) is 0 Å². The average Bonchev–Trinajstić information content (AvgIpc) is 3.70. The van der Waals surface area contributed by atoms with E-state index >= 15 is 8.78 Å². The van der Waals surface area contributed by atoms with Crippen LogP contribution in [-0.4, -0.2) is 121 Å². The second-order valence-electron chi connectivity index (χ2n) is 16.9. The van der Waals surface area contributed by atoms with Gasteiger partial charge in [-0.05, 0) is 137 Å². The number of halogens is 2. The molecule has 3 atom stereocenters. The van der Waals surface area contributed by atoms with Gasteiger partial charge < -0.3 is 29.9 Å². The molecule has 15 heteroatoms. The van der Waals surface area contributed by atoms with E-state index in [1.54, 1.807) is 31.2 Å². The molecule has 3 aliphatic heterocycles. The van der Waals surface area contributed by atoms with Gasteiger partial charge >= 0.3 is 12.1 Å². The van der Waals surface area contributed by atoms with Gasteiger partial charge in [0.25, 0.3) is 5.91 Å².